The summed E-state index contributed by atoms with van der Waals surface area (Å²) in [5.74, 6) is -0.517. The van der Waals surface area contributed by atoms with Crippen molar-refractivity contribution in [1.82, 2.24) is 15.5 Å². The third kappa shape index (κ3) is 5.48. The number of aromatic nitrogens is 2. The number of hydrogen-bond donors (Lipinski definition) is 3. The Morgan fingerprint density at radius 3 is 2.81 bits per heavy atom. The van der Waals surface area contributed by atoms with Crippen LogP contribution in [0.2, 0.25) is 0 Å². The lowest BCUT2D eigenvalue weighted by Gasteiger charge is -2.12. The van der Waals surface area contributed by atoms with E-state index in [1.54, 1.807) is 18.2 Å². The topological polar surface area (TPSA) is 133 Å². The van der Waals surface area contributed by atoms with E-state index < -0.39 is 5.92 Å². The van der Waals surface area contributed by atoms with Crippen LogP contribution in [0.1, 0.15) is 23.9 Å². The normalized spacial score (nSPS) is 15.8. The third-order valence-electron chi connectivity index (χ3n) is 3.86. The van der Waals surface area contributed by atoms with Crippen molar-refractivity contribution in [2.45, 2.75) is 26.3 Å². The number of carbonyl (C=O) groups excluding carboxylic acids is 2. The fourth-order valence-corrected chi connectivity index (χ4v) is 3.37. The van der Waals surface area contributed by atoms with Crippen molar-refractivity contribution in [3.05, 3.63) is 34.8 Å². The summed E-state index contributed by atoms with van der Waals surface area (Å²) in [6.07, 6.45) is 0.945. The van der Waals surface area contributed by atoms with Gasteiger partial charge in [0, 0.05) is 19.5 Å². The maximum absolute atomic E-state index is 12.3. The van der Waals surface area contributed by atoms with Gasteiger partial charge in [-0.2, -0.15) is 0 Å². The minimum atomic E-state index is -0.399. The molecule has 1 atom stereocenters. The molecule has 1 saturated heterocycles. The highest BCUT2D eigenvalue weighted by molar-refractivity contribution is 7.15. The van der Waals surface area contributed by atoms with Crippen LogP contribution in [-0.4, -0.2) is 45.2 Å². The number of aromatic hydroxyl groups is 1. The van der Waals surface area contributed by atoms with Gasteiger partial charge in [-0.1, -0.05) is 30.4 Å². The number of nitrogens with zero attached hydrogens (tertiary/aromatic N) is 3. The first kappa shape index (κ1) is 20.3. The number of benzene rings is 1. The zero-order valence-corrected chi connectivity index (χ0v) is 15.5. The van der Waals surface area contributed by atoms with Crippen molar-refractivity contribution < 1.29 is 24.6 Å². The number of aryl methyl sites for hydroxylation is 1. The summed E-state index contributed by atoms with van der Waals surface area (Å²) in [5, 5.41) is 28.6. The summed E-state index contributed by atoms with van der Waals surface area (Å²) in [6, 6.07) is 6.71. The molecular weight excluding hydrogens is 372 g/mol. The van der Waals surface area contributed by atoms with Crippen LogP contribution in [0.25, 0.3) is 0 Å². The molecule has 1 fully saturated rings. The molecule has 0 saturated carbocycles. The standard InChI is InChI=1S/C16H18N4O3S.CH2O2/c1-2-13-18-19-16(24-13)20-9-11(7-14(20)22)15(23)17-8-10-4-3-5-12(21)6-10;2-1-3/h3-6,11,21H,2,7-9H2,1H3,(H,17,23);1H,(H,2,3). The second kappa shape index (κ2) is 9.62. The lowest BCUT2D eigenvalue weighted by Crippen LogP contribution is -2.32. The Kier molecular flexibility index (Phi) is 7.24. The molecule has 10 heteroatoms. The summed E-state index contributed by atoms with van der Waals surface area (Å²) in [7, 11) is 0. The van der Waals surface area contributed by atoms with E-state index in [2.05, 4.69) is 15.5 Å². The number of carboxylic acid groups (broad SMARTS) is 1. The molecule has 2 amide bonds. The van der Waals surface area contributed by atoms with E-state index in [9.17, 15) is 14.7 Å². The molecule has 0 spiro atoms. The fourth-order valence-electron chi connectivity index (χ4n) is 2.56. The molecular formula is C17H20N4O5S. The average Bonchev–Trinajstić information content (AvgIpc) is 3.26. The Morgan fingerprint density at radius 1 is 1.44 bits per heavy atom. The molecule has 1 aliphatic heterocycles. The van der Waals surface area contributed by atoms with E-state index in [1.165, 1.54) is 16.2 Å². The zero-order chi connectivity index (χ0) is 19.8. The quantitative estimate of drug-likeness (QED) is 0.651. The highest BCUT2D eigenvalue weighted by Gasteiger charge is 2.36. The minimum absolute atomic E-state index is 0.105. The number of amides is 2. The van der Waals surface area contributed by atoms with E-state index in [-0.39, 0.29) is 30.5 Å². The molecule has 3 rings (SSSR count). The molecule has 3 N–H and O–H groups in total. The summed E-state index contributed by atoms with van der Waals surface area (Å²) < 4.78 is 0. The molecule has 2 heterocycles. The summed E-state index contributed by atoms with van der Waals surface area (Å²) in [4.78, 5) is 34.4. The van der Waals surface area contributed by atoms with Crippen molar-refractivity contribution in [2.24, 2.45) is 5.92 Å². The maximum Gasteiger partial charge on any atom is 0.290 e. The van der Waals surface area contributed by atoms with Crippen molar-refractivity contribution in [3.8, 4) is 5.75 Å². The van der Waals surface area contributed by atoms with Crippen LogP contribution in [0, 0.1) is 5.92 Å². The highest BCUT2D eigenvalue weighted by atomic mass is 32.1. The smallest absolute Gasteiger partial charge is 0.290 e. The Hall–Kier alpha value is -3.01. The van der Waals surface area contributed by atoms with E-state index in [0.717, 1.165) is 17.0 Å². The van der Waals surface area contributed by atoms with Crippen LogP contribution >= 0.6 is 11.3 Å². The molecule has 9 nitrogen and oxygen atoms in total. The first-order valence-electron chi connectivity index (χ1n) is 8.24. The molecule has 1 aliphatic rings. The van der Waals surface area contributed by atoms with Gasteiger partial charge in [0.05, 0.1) is 5.92 Å². The molecule has 27 heavy (non-hydrogen) atoms. The van der Waals surface area contributed by atoms with Crippen molar-refractivity contribution in [3.63, 3.8) is 0 Å². The molecule has 1 aromatic carbocycles. The Morgan fingerprint density at radius 2 is 2.19 bits per heavy atom. The predicted molar refractivity (Wildman–Crippen MR) is 98.4 cm³/mol. The van der Waals surface area contributed by atoms with Gasteiger partial charge in [-0.05, 0) is 24.1 Å². The largest absolute Gasteiger partial charge is 0.508 e. The van der Waals surface area contributed by atoms with Gasteiger partial charge in [0.1, 0.15) is 10.8 Å². The van der Waals surface area contributed by atoms with Crippen molar-refractivity contribution in [2.75, 3.05) is 11.4 Å². The zero-order valence-electron chi connectivity index (χ0n) is 14.7. The average molecular weight is 392 g/mol. The van der Waals surface area contributed by atoms with Gasteiger partial charge in [0.2, 0.25) is 16.9 Å². The van der Waals surface area contributed by atoms with Gasteiger partial charge < -0.3 is 15.5 Å². The Bertz CT molecular complexity index is 810. The number of phenolic OH excluding ortho intramolecular Hbond substituents is 1. The highest BCUT2D eigenvalue weighted by Crippen LogP contribution is 2.28. The molecule has 0 aliphatic carbocycles. The van der Waals surface area contributed by atoms with Gasteiger partial charge in [-0.3, -0.25) is 19.3 Å². The van der Waals surface area contributed by atoms with Gasteiger partial charge in [0.25, 0.3) is 6.47 Å². The van der Waals surface area contributed by atoms with E-state index in [4.69, 9.17) is 9.90 Å². The van der Waals surface area contributed by atoms with E-state index >= 15 is 0 Å². The predicted octanol–water partition coefficient (Wildman–Crippen LogP) is 1.18. The van der Waals surface area contributed by atoms with Crippen LogP contribution in [0.3, 0.4) is 0 Å². The number of nitrogens with one attached hydrogen (secondary N) is 1. The first-order valence-corrected chi connectivity index (χ1v) is 9.06. The van der Waals surface area contributed by atoms with Crippen LogP contribution < -0.4 is 10.2 Å². The Labute approximate surface area is 159 Å². The first-order chi connectivity index (χ1) is 13.0. The van der Waals surface area contributed by atoms with Crippen molar-refractivity contribution >= 4 is 34.8 Å². The van der Waals surface area contributed by atoms with Crippen molar-refractivity contribution in [1.29, 1.82) is 0 Å². The molecule has 1 unspecified atom stereocenters. The SMILES string of the molecule is CCc1nnc(N2CC(C(=O)NCc3cccc(O)c3)CC2=O)s1.O=CO. The lowest BCUT2D eigenvalue weighted by atomic mass is 10.1. The summed E-state index contributed by atoms with van der Waals surface area (Å²) in [6.45, 7) is 2.37. The van der Waals surface area contributed by atoms with Gasteiger partial charge in [-0.15, -0.1) is 10.2 Å². The van der Waals surface area contributed by atoms with Crippen LogP contribution in [0.15, 0.2) is 24.3 Å². The van der Waals surface area contributed by atoms with E-state index in [1.807, 2.05) is 13.0 Å². The van der Waals surface area contributed by atoms with E-state index in [0.29, 0.717) is 18.2 Å². The molecule has 1 aromatic heterocycles. The number of rotatable bonds is 5. The second-order valence-corrected chi connectivity index (χ2v) is 6.77. The van der Waals surface area contributed by atoms with Crippen LogP contribution in [0.5, 0.6) is 5.75 Å². The maximum atomic E-state index is 12.3. The third-order valence-corrected chi connectivity index (χ3v) is 4.95. The number of hydrogen-bond acceptors (Lipinski definition) is 7. The second-order valence-electron chi connectivity index (χ2n) is 5.73. The Balaban J connectivity index is 0.000000817. The fraction of sp³-hybridized carbons (Fsp3) is 0.353. The number of phenols is 1. The number of anilines is 1. The van der Waals surface area contributed by atoms with Crippen LogP contribution in [-0.2, 0) is 27.3 Å². The molecule has 2 aromatic rings. The molecule has 0 radical (unpaired) electrons. The van der Waals surface area contributed by atoms with Gasteiger partial charge in [-0.25, -0.2) is 0 Å². The number of carbonyl (C=O) groups is 3. The van der Waals surface area contributed by atoms with Crippen LogP contribution in [0.4, 0.5) is 5.13 Å². The molecule has 144 valence electrons. The van der Waals surface area contributed by atoms with Gasteiger partial charge in [0.15, 0.2) is 0 Å². The van der Waals surface area contributed by atoms with Gasteiger partial charge >= 0.3 is 0 Å². The molecule has 0 bridgehead atoms. The summed E-state index contributed by atoms with van der Waals surface area (Å²) in [5.41, 5.74) is 0.807. The summed E-state index contributed by atoms with van der Waals surface area (Å²) >= 11 is 1.38. The minimum Gasteiger partial charge on any atom is -0.508 e. The lowest BCUT2D eigenvalue weighted by molar-refractivity contribution is -0.126. The monoisotopic (exact) mass is 392 g/mol.